The highest BCUT2D eigenvalue weighted by Gasteiger charge is 2.19. The van der Waals surface area contributed by atoms with Crippen LogP contribution < -0.4 is 5.32 Å². The van der Waals surface area contributed by atoms with Gasteiger partial charge in [-0.3, -0.25) is 9.69 Å². The van der Waals surface area contributed by atoms with E-state index in [2.05, 4.69) is 56.7 Å². The number of nitrogens with zero attached hydrogens (tertiary/aromatic N) is 4. The molecule has 168 valence electrons. The van der Waals surface area contributed by atoms with Crippen LogP contribution in [0.5, 0.6) is 0 Å². The third-order valence-electron chi connectivity index (χ3n) is 6.51. The quantitative estimate of drug-likeness (QED) is 0.458. The highest BCUT2D eigenvalue weighted by atomic mass is 16.1. The molecule has 0 radical (unpaired) electrons. The Kier molecular flexibility index (Phi) is 5.92. The van der Waals surface area contributed by atoms with Gasteiger partial charge in [0.1, 0.15) is 0 Å². The van der Waals surface area contributed by atoms with Crippen molar-refractivity contribution >= 4 is 11.6 Å². The molecule has 2 aromatic carbocycles. The van der Waals surface area contributed by atoms with Gasteiger partial charge in [0, 0.05) is 37.9 Å². The Morgan fingerprint density at radius 2 is 1.79 bits per heavy atom. The Balaban J connectivity index is 1.23. The summed E-state index contributed by atoms with van der Waals surface area (Å²) >= 11 is 0. The van der Waals surface area contributed by atoms with E-state index in [-0.39, 0.29) is 5.91 Å². The molecule has 0 aliphatic carbocycles. The van der Waals surface area contributed by atoms with Crippen LogP contribution in [-0.4, -0.2) is 45.0 Å². The number of carbonyl (C=O) groups excluding carboxylic acids is 1. The van der Waals surface area contributed by atoms with Crippen LogP contribution in [0.3, 0.4) is 0 Å². The smallest absolute Gasteiger partial charge is 0.254 e. The first kappa shape index (κ1) is 21.3. The summed E-state index contributed by atoms with van der Waals surface area (Å²) in [6.07, 6.45) is 3.69. The van der Waals surface area contributed by atoms with Crippen LogP contribution in [0, 0.1) is 13.8 Å². The molecule has 1 aliphatic rings. The zero-order valence-electron chi connectivity index (χ0n) is 19.2. The number of hydrogen-bond donors (Lipinski definition) is 1. The maximum absolute atomic E-state index is 12.9. The highest BCUT2D eigenvalue weighted by Crippen LogP contribution is 2.28. The van der Waals surface area contributed by atoms with E-state index in [9.17, 15) is 4.79 Å². The Hall–Kier alpha value is -3.51. The topological polar surface area (TPSA) is 62.5 Å². The molecule has 0 bridgehead atoms. The summed E-state index contributed by atoms with van der Waals surface area (Å²) in [5.41, 5.74) is 8.02. The monoisotopic (exact) mass is 439 g/mol. The lowest BCUT2D eigenvalue weighted by Crippen LogP contribution is -2.34. The second kappa shape index (κ2) is 9.16. The van der Waals surface area contributed by atoms with Crippen molar-refractivity contribution in [2.45, 2.75) is 33.2 Å². The Labute approximate surface area is 194 Å². The lowest BCUT2D eigenvalue weighted by molar-refractivity contribution is 0.0949. The molecule has 0 atom stereocenters. The first-order valence-electron chi connectivity index (χ1n) is 11.6. The third-order valence-corrected chi connectivity index (χ3v) is 6.51. The maximum Gasteiger partial charge on any atom is 0.254 e. The number of fused-ring (bicyclic) bond motifs is 2. The van der Waals surface area contributed by atoms with Gasteiger partial charge >= 0.3 is 0 Å². The highest BCUT2D eigenvalue weighted by molar-refractivity contribution is 5.95. The molecule has 4 aromatic rings. The zero-order chi connectivity index (χ0) is 22.8. The molecule has 6 heteroatoms. The van der Waals surface area contributed by atoms with E-state index in [0.717, 1.165) is 60.6 Å². The van der Waals surface area contributed by atoms with Crippen LogP contribution in [0.25, 0.3) is 16.8 Å². The van der Waals surface area contributed by atoms with E-state index < -0.39 is 0 Å². The number of benzene rings is 2. The van der Waals surface area contributed by atoms with Gasteiger partial charge in [0.25, 0.3) is 5.91 Å². The fourth-order valence-electron chi connectivity index (χ4n) is 4.71. The summed E-state index contributed by atoms with van der Waals surface area (Å²) < 4.78 is 1.79. The molecule has 1 amide bonds. The predicted octanol–water partition coefficient (Wildman–Crippen LogP) is 4.19. The summed E-state index contributed by atoms with van der Waals surface area (Å²) in [6.45, 7) is 7.59. The SMILES string of the molecule is Cc1nn2c(C)c(C(=O)NCCCN3CCc4ccccc4C3)cnc2c1-c1ccccc1. The molecule has 0 spiro atoms. The summed E-state index contributed by atoms with van der Waals surface area (Å²) in [7, 11) is 0. The predicted molar refractivity (Wildman–Crippen MR) is 130 cm³/mol. The normalized spacial score (nSPS) is 13.8. The number of aryl methyl sites for hydroxylation is 2. The summed E-state index contributed by atoms with van der Waals surface area (Å²) in [4.78, 5) is 20.0. The molecule has 6 nitrogen and oxygen atoms in total. The van der Waals surface area contributed by atoms with Gasteiger partial charge in [-0.2, -0.15) is 5.10 Å². The molecule has 5 rings (SSSR count). The Morgan fingerprint density at radius 1 is 1.03 bits per heavy atom. The molecule has 3 heterocycles. The molecule has 1 aliphatic heterocycles. The van der Waals surface area contributed by atoms with Crippen molar-refractivity contribution < 1.29 is 4.79 Å². The van der Waals surface area contributed by atoms with E-state index >= 15 is 0 Å². The molecule has 1 N–H and O–H groups in total. The Morgan fingerprint density at radius 3 is 2.61 bits per heavy atom. The minimum atomic E-state index is -0.0969. The lowest BCUT2D eigenvalue weighted by atomic mass is 10.00. The Bertz CT molecular complexity index is 1290. The number of aromatic nitrogens is 3. The fourth-order valence-corrected chi connectivity index (χ4v) is 4.71. The van der Waals surface area contributed by atoms with Gasteiger partial charge in [-0.15, -0.1) is 0 Å². The summed E-state index contributed by atoms with van der Waals surface area (Å²) in [6, 6.07) is 18.8. The third kappa shape index (κ3) is 4.26. The van der Waals surface area contributed by atoms with Crippen LogP contribution in [-0.2, 0) is 13.0 Å². The molecule has 0 fully saturated rings. The second-order valence-corrected chi connectivity index (χ2v) is 8.72. The molecule has 0 saturated carbocycles. The number of amides is 1. The van der Waals surface area contributed by atoms with Gasteiger partial charge in [-0.1, -0.05) is 54.6 Å². The van der Waals surface area contributed by atoms with Gasteiger partial charge in [0.05, 0.1) is 17.0 Å². The van der Waals surface area contributed by atoms with Gasteiger partial charge < -0.3 is 5.32 Å². The van der Waals surface area contributed by atoms with Gasteiger partial charge in [0.15, 0.2) is 5.65 Å². The fraction of sp³-hybridized carbons (Fsp3) is 0.296. The lowest BCUT2D eigenvalue weighted by Gasteiger charge is -2.28. The molecular weight excluding hydrogens is 410 g/mol. The molecule has 0 unspecified atom stereocenters. The largest absolute Gasteiger partial charge is 0.352 e. The van der Waals surface area contributed by atoms with Crippen LogP contribution in [0.1, 0.15) is 39.3 Å². The van der Waals surface area contributed by atoms with E-state index in [1.807, 2.05) is 32.0 Å². The van der Waals surface area contributed by atoms with Crippen molar-refractivity contribution in [2.24, 2.45) is 0 Å². The summed E-state index contributed by atoms with van der Waals surface area (Å²) in [5, 5.41) is 7.75. The number of nitrogens with one attached hydrogen (secondary N) is 1. The van der Waals surface area contributed by atoms with Crippen molar-refractivity contribution in [2.75, 3.05) is 19.6 Å². The van der Waals surface area contributed by atoms with Crippen molar-refractivity contribution in [1.82, 2.24) is 24.8 Å². The minimum absolute atomic E-state index is 0.0969. The van der Waals surface area contributed by atoms with Crippen LogP contribution in [0.15, 0.2) is 60.8 Å². The maximum atomic E-state index is 12.9. The molecule has 33 heavy (non-hydrogen) atoms. The summed E-state index contributed by atoms with van der Waals surface area (Å²) in [5.74, 6) is -0.0969. The van der Waals surface area contributed by atoms with Gasteiger partial charge in [0.2, 0.25) is 0 Å². The van der Waals surface area contributed by atoms with Crippen molar-refractivity contribution in [1.29, 1.82) is 0 Å². The molecular formula is C27H29N5O. The molecule has 2 aromatic heterocycles. The zero-order valence-corrected chi connectivity index (χ0v) is 19.2. The average molecular weight is 440 g/mol. The van der Waals surface area contributed by atoms with Crippen LogP contribution >= 0.6 is 0 Å². The molecule has 0 saturated heterocycles. The number of hydrogen-bond acceptors (Lipinski definition) is 4. The standard InChI is InChI=1S/C27H29N5O/c1-19-25(22-10-4-3-5-11-22)26-29-17-24(20(2)32(26)30-19)27(33)28-14-8-15-31-16-13-21-9-6-7-12-23(21)18-31/h3-7,9-12,17H,8,13-16,18H2,1-2H3,(H,28,33). The number of carbonyl (C=O) groups is 1. The number of rotatable bonds is 6. The van der Waals surface area contributed by atoms with E-state index in [1.165, 1.54) is 11.1 Å². The van der Waals surface area contributed by atoms with Crippen molar-refractivity contribution in [3.05, 3.63) is 88.9 Å². The van der Waals surface area contributed by atoms with Crippen molar-refractivity contribution in [3.8, 4) is 11.1 Å². The van der Waals surface area contributed by atoms with E-state index in [1.54, 1.807) is 10.7 Å². The van der Waals surface area contributed by atoms with Crippen molar-refractivity contribution in [3.63, 3.8) is 0 Å². The van der Waals surface area contributed by atoms with E-state index in [0.29, 0.717) is 12.1 Å². The van der Waals surface area contributed by atoms with E-state index in [4.69, 9.17) is 0 Å². The first-order chi connectivity index (χ1) is 16.1. The average Bonchev–Trinajstić information content (AvgIpc) is 3.19. The van der Waals surface area contributed by atoms with Crippen LogP contribution in [0.2, 0.25) is 0 Å². The van der Waals surface area contributed by atoms with Gasteiger partial charge in [-0.25, -0.2) is 9.50 Å². The minimum Gasteiger partial charge on any atom is -0.352 e. The van der Waals surface area contributed by atoms with Gasteiger partial charge in [-0.05, 0) is 43.4 Å². The van der Waals surface area contributed by atoms with Crippen LogP contribution in [0.4, 0.5) is 0 Å². The second-order valence-electron chi connectivity index (χ2n) is 8.72. The first-order valence-corrected chi connectivity index (χ1v) is 11.6.